The lowest BCUT2D eigenvalue weighted by atomic mass is 9.90. The van der Waals surface area contributed by atoms with Crippen LogP contribution in [0.3, 0.4) is 0 Å². The summed E-state index contributed by atoms with van der Waals surface area (Å²) in [6.45, 7) is 0.0189. The van der Waals surface area contributed by atoms with E-state index in [1.807, 2.05) is 0 Å². The monoisotopic (exact) mass is 291 g/mol. The van der Waals surface area contributed by atoms with Gasteiger partial charge < -0.3 is 20.1 Å². The average Bonchev–Trinajstić information content (AvgIpc) is 2.38. The van der Waals surface area contributed by atoms with E-state index >= 15 is 0 Å². The Labute approximate surface area is 112 Å². The maximum atomic E-state index is 12.6. The largest absolute Gasteiger partial charge is 0.417 e. The molecule has 1 aliphatic heterocycles. The SMILES string of the molecule is O=[N+]([O-])c1ccc(N2CCC(O)(C(F)(F)F)CC2)cn1. The van der Waals surface area contributed by atoms with E-state index < -0.39 is 29.5 Å². The topological polar surface area (TPSA) is 79.5 Å². The Hall–Kier alpha value is -1.90. The lowest BCUT2D eigenvalue weighted by molar-refractivity contribution is -0.389. The molecule has 2 rings (SSSR count). The van der Waals surface area contributed by atoms with Crippen molar-refractivity contribution in [1.82, 2.24) is 4.98 Å². The van der Waals surface area contributed by atoms with Gasteiger partial charge in [-0.15, -0.1) is 0 Å². The molecule has 1 fully saturated rings. The van der Waals surface area contributed by atoms with Crippen molar-refractivity contribution in [3.63, 3.8) is 0 Å². The third kappa shape index (κ3) is 2.67. The Morgan fingerprint density at radius 3 is 2.35 bits per heavy atom. The third-order valence-corrected chi connectivity index (χ3v) is 3.40. The number of nitro groups is 1. The highest BCUT2D eigenvalue weighted by atomic mass is 19.4. The molecule has 1 aromatic heterocycles. The van der Waals surface area contributed by atoms with Crippen molar-refractivity contribution in [3.05, 3.63) is 28.4 Å². The summed E-state index contributed by atoms with van der Waals surface area (Å²) in [5, 5.41) is 20.0. The lowest BCUT2D eigenvalue weighted by Gasteiger charge is -2.39. The summed E-state index contributed by atoms with van der Waals surface area (Å²) in [5.74, 6) is -0.322. The van der Waals surface area contributed by atoms with Crippen LogP contribution in [-0.4, -0.2) is 39.9 Å². The van der Waals surface area contributed by atoms with Gasteiger partial charge in [0, 0.05) is 32.0 Å². The number of nitrogens with zero attached hydrogens (tertiary/aromatic N) is 3. The Bertz CT molecular complexity index is 496. The number of rotatable bonds is 2. The quantitative estimate of drug-likeness (QED) is 0.665. The highest BCUT2D eigenvalue weighted by molar-refractivity contribution is 5.47. The fraction of sp³-hybridized carbons (Fsp3) is 0.545. The Morgan fingerprint density at radius 1 is 1.35 bits per heavy atom. The van der Waals surface area contributed by atoms with Crippen molar-refractivity contribution in [3.8, 4) is 0 Å². The van der Waals surface area contributed by atoms with Crippen LogP contribution in [0.25, 0.3) is 0 Å². The van der Waals surface area contributed by atoms with Crippen molar-refractivity contribution in [2.45, 2.75) is 24.6 Å². The third-order valence-electron chi connectivity index (χ3n) is 3.40. The van der Waals surface area contributed by atoms with Gasteiger partial charge in [-0.05, 0) is 16.0 Å². The molecule has 1 aliphatic rings. The summed E-state index contributed by atoms with van der Waals surface area (Å²) < 4.78 is 37.9. The molecule has 0 saturated carbocycles. The van der Waals surface area contributed by atoms with Gasteiger partial charge in [0.25, 0.3) is 0 Å². The normalized spacial score (nSPS) is 18.9. The highest BCUT2D eigenvalue weighted by Gasteiger charge is 2.54. The van der Waals surface area contributed by atoms with Gasteiger partial charge in [0.05, 0.1) is 5.69 Å². The minimum Gasteiger partial charge on any atom is -0.380 e. The van der Waals surface area contributed by atoms with Gasteiger partial charge in [-0.1, -0.05) is 0 Å². The molecule has 9 heteroatoms. The number of anilines is 1. The number of hydrogen-bond donors (Lipinski definition) is 1. The first-order valence-electron chi connectivity index (χ1n) is 5.87. The molecule has 0 radical (unpaired) electrons. The molecule has 1 N–H and O–H groups in total. The van der Waals surface area contributed by atoms with Crippen LogP contribution in [0.15, 0.2) is 18.3 Å². The van der Waals surface area contributed by atoms with Gasteiger partial charge in [-0.25, -0.2) is 0 Å². The molecule has 1 aromatic rings. The lowest BCUT2D eigenvalue weighted by Crippen LogP contribution is -2.53. The minimum absolute atomic E-state index is 0.00943. The first kappa shape index (κ1) is 14.5. The van der Waals surface area contributed by atoms with Crippen molar-refractivity contribution in [1.29, 1.82) is 0 Å². The fourth-order valence-electron chi connectivity index (χ4n) is 2.09. The minimum atomic E-state index is -4.65. The molecule has 1 saturated heterocycles. The maximum absolute atomic E-state index is 12.6. The van der Waals surface area contributed by atoms with Gasteiger partial charge in [-0.3, -0.25) is 0 Å². The second-order valence-electron chi connectivity index (χ2n) is 4.65. The zero-order valence-electron chi connectivity index (χ0n) is 10.3. The second kappa shape index (κ2) is 4.89. The Balaban J connectivity index is 2.06. The van der Waals surface area contributed by atoms with Crippen LogP contribution in [0.4, 0.5) is 24.7 Å². The number of halogens is 3. The van der Waals surface area contributed by atoms with E-state index in [0.29, 0.717) is 5.69 Å². The van der Waals surface area contributed by atoms with Crippen LogP contribution >= 0.6 is 0 Å². The van der Waals surface area contributed by atoms with Crippen LogP contribution in [0.1, 0.15) is 12.8 Å². The van der Waals surface area contributed by atoms with Crippen molar-refractivity contribution < 1.29 is 23.2 Å². The molecule has 0 aliphatic carbocycles. The molecular weight excluding hydrogens is 279 g/mol. The van der Waals surface area contributed by atoms with Gasteiger partial charge in [-0.2, -0.15) is 13.2 Å². The van der Waals surface area contributed by atoms with E-state index in [4.69, 9.17) is 0 Å². The maximum Gasteiger partial charge on any atom is 0.417 e. The van der Waals surface area contributed by atoms with E-state index in [2.05, 4.69) is 4.98 Å². The van der Waals surface area contributed by atoms with Gasteiger partial charge >= 0.3 is 12.0 Å². The molecule has 0 aromatic carbocycles. The predicted octanol–water partition coefficient (Wildman–Crippen LogP) is 1.88. The molecule has 110 valence electrons. The fourth-order valence-corrected chi connectivity index (χ4v) is 2.09. The second-order valence-corrected chi connectivity index (χ2v) is 4.65. The zero-order valence-corrected chi connectivity index (χ0v) is 10.3. The van der Waals surface area contributed by atoms with Gasteiger partial charge in [0.15, 0.2) is 11.8 Å². The predicted molar refractivity (Wildman–Crippen MR) is 63.3 cm³/mol. The Kier molecular flexibility index (Phi) is 3.55. The number of hydrogen-bond acceptors (Lipinski definition) is 5. The number of pyridine rings is 1. The van der Waals surface area contributed by atoms with E-state index in [9.17, 15) is 28.4 Å². The van der Waals surface area contributed by atoms with E-state index in [-0.39, 0.29) is 18.9 Å². The average molecular weight is 291 g/mol. The first-order chi connectivity index (χ1) is 9.23. The molecule has 2 heterocycles. The molecule has 0 spiro atoms. The summed E-state index contributed by atoms with van der Waals surface area (Å²) in [6, 6.07) is 2.63. The van der Waals surface area contributed by atoms with Crippen molar-refractivity contribution >= 4 is 11.5 Å². The molecule has 20 heavy (non-hydrogen) atoms. The summed E-state index contributed by atoms with van der Waals surface area (Å²) in [5.41, 5.74) is -2.16. The first-order valence-corrected chi connectivity index (χ1v) is 5.87. The van der Waals surface area contributed by atoms with Crippen LogP contribution in [0.5, 0.6) is 0 Å². The number of aromatic nitrogens is 1. The molecule has 6 nitrogen and oxygen atoms in total. The van der Waals surface area contributed by atoms with Gasteiger partial charge in [0.2, 0.25) is 0 Å². The summed E-state index contributed by atoms with van der Waals surface area (Å²) in [7, 11) is 0. The summed E-state index contributed by atoms with van der Waals surface area (Å²) in [4.78, 5) is 15.0. The number of aliphatic hydroxyl groups is 1. The van der Waals surface area contributed by atoms with Crippen LogP contribution in [0, 0.1) is 10.1 Å². The van der Waals surface area contributed by atoms with Crippen LogP contribution < -0.4 is 4.90 Å². The van der Waals surface area contributed by atoms with Crippen LogP contribution in [-0.2, 0) is 0 Å². The summed E-state index contributed by atoms with van der Waals surface area (Å²) >= 11 is 0. The van der Waals surface area contributed by atoms with E-state index in [0.717, 1.165) is 0 Å². The highest BCUT2D eigenvalue weighted by Crippen LogP contribution is 2.39. The van der Waals surface area contributed by atoms with Crippen LogP contribution in [0.2, 0.25) is 0 Å². The molecule has 0 atom stereocenters. The van der Waals surface area contributed by atoms with Crippen molar-refractivity contribution in [2.75, 3.05) is 18.0 Å². The number of alkyl halides is 3. The standard InChI is InChI=1S/C11H12F3N3O3/c12-11(13,14)10(18)3-5-16(6-4-10)8-1-2-9(15-7-8)17(19)20/h1-2,7,18H,3-6H2. The molecular formula is C11H12F3N3O3. The van der Waals surface area contributed by atoms with Crippen molar-refractivity contribution in [2.24, 2.45) is 0 Å². The van der Waals surface area contributed by atoms with E-state index in [1.165, 1.54) is 18.3 Å². The zero-order chi connectivity index (χ0) is 15.0. The molecule has 0 amide bonds. The molecule has 0 bridgehead atoms. The smallest absolute Gasteiger partial charge is 0.380 e. The number of piperidine rings is 1. The summed E-state index contributed by atoms with van der Waals surface area (Å²) in [6.07, 6.45) is -4.27. The Morgan fingerprint density at radius 2 is 1.95 bits per heavy atom. The van der Waals surface area contributed by atoms with E-state index in [1.54, 1.807) is 4.90 Å². The van der Waals surface area contributed by atoms with Gasteiger partial charge in [0.1, 0.15) is 0 Å². The molecule has 0 unspecified atom stereocenters.